The van der Waals surface area contributed by atoms with Gasteiger partial charge in [0.1, 0.15) is 11.5 Å². The molecule has 19 heavy (non-hydrogen) atoms. The van der Waals surface area contributed by atoms with Gasteiger partial charge in [0.15, 0.2) is 0 Å². The average Bonchev–Trinajstić information content (AvgIpc) is 2.68. The van der Waals surface area contributed by atoms with Gasteiger partial charge in [-0.25, -0.2) is 0 Å². The minimum absolute atomic E-state index is 0.117. The van der Waals surface area contributed by atoms with Gasteiger partial charge >= 0.3 is 0 Å². The third-order valence-corrected chi connectivity index (χ3v) is 4.52. The molecule has 0 aromatic carbocycles. The molecule has 0 radical (unpaired) electrons. The van der Waals surface area contributed by atoms with E-state index < -0.39 is 0 Å². The second-order valence-electron chi connectivity index (χ2n) is 5.95. The Hall–Kier alpha value is -0.840. The van der Waals surface area contributed by atoms with Crippen LogP contribution < -0.4 is 5.73 Å². The lowest BCUT2D eigenvalue weighted by atomic mass is 9.88. The molecule has 1 aromatic heterocycles. The first-order valence-electron chi connectivity index (χ1n) is 7.21. The quantitative estimate of drug-likeness (QED) is 0.902. The van der Waals surface area contributed by atoms with E-state index in [2.05, 4.69) is 30.0 Å². The number of likely N-dealkylation sites (tertiary alicyclic amines) is 1. The van der Waals surface area contributed by atoms with Crippen LogP contribution >= 0.6 is 0 Å². The van der Waals surface area contributed by atoms with Crippen LogP contribution in [0, 0.1) is 6.92 Å². The van der Waals surface area contributed by atoms with E-state index in [1.54, 1.807) is 0 Å². The van der Waals surface area contributed by atoms with Gasteiger partial charge < -0.3 is 15.1 Å². The lowest BCUT2D eigenvalue weighted by molar-refractivity contribution is 0.0925. The van der Waals surface area contributed by atoms with Crippen LogP contribution in [-0.2, 0) is 6.54 Å². The van der Waals surface area contributed by atoms with E-state index in [0.29, 0.717) is 0 Å². The maximum Gasteiger partial charge on any atom is 0.118 e. The number of hydrogen-bond donors (Lipinski definition) is 1. The monoisotopic (exact) mass is 265 g/mol. The summed E-state index contributed by atoms with van der Waals surface area (Å²) < 4.78 is 5.69. The Morgan fingerprint density at radius 3 is 2.79 bits per heavy atom. The van der Waals surface area contributed by atoms with Crippen molar-refractivity contribution in [1.82, 2.24) is 9.80 Å². The summed E-state index contributed by atoms with van der Waals surface area (Å²) in [5.41, 5.74) is 6.24. The van der Waals surface area contributed by atoms with E-state index in [0.717, 1.165) is 37.6 Å². The Morgan fingerprint density at radius 2 is 2.16 bits per heavy atom. The fourth-order valence-corrected chi connectivity index (χ4v) is 3.03. The maximum atomic E-state index is 6.12. The third kappa shape index (κ3) is 3.38. The van der Waals surface area contributed by atoms with Crippen molar-refractivity contribution in [3.63, 3.8) is 0 Å². The van der Waals surface area contributed by atoms with Gasteiger partial charge in [0.05, 0.1) is 6.54 Å². The van der Waals surface area contributed by atoms with E-state index in [1.807, 2.05) is 13.0 Å². The molecule has 1 unspecified atom stereocenters. The van der Waals surface area contributed by atoms with Crippen LogP contribution in [0.15, 0.2) is 16.5 Å². The van der Waals surface area contributed by atoms with Crippen LogP contribution in [0.25, 0.3) is 0 Å². The topological polar surface area (TPSA) is 45.6 Å². The summed E-state index contributed by atoms with van der Waals surface area (Å²) in [7, 11) is 4.37. The van der Waals surface area contributed by atoms with Gasteiger partial charge in [0.2, 0.25) is 0 Å². The summed E-state index contributed by atoms with van der Waals surface area (Å²) in [5.74, 6) is 2.01. The van der Waals surface area contributed by atoms with Crippen molar-refractivity contribution in [2.24, 2.45) is 5.73 Å². The predicted molar refractivity (Wildman–Crippen MR) is 78.0 cm³/mol. The molecule has 2 rings (SSSR count). The Labute approximate surface area is 116 Å². The predicted octanol–water partition coefficient (Wildman–Crippen LogP) is 1.83. The van der Waals surface area contributed by atoms with Crippen molar-refractivity contribution >= 4 is 0 Å². The fourth-order valence-electron chi connectivity index (χ4n) is 3.03. The lowest BCUT2D eigenvalue weighted by Crippen LogP contribution is -2.52. The Morgan fingerprint density at radius 1 is 1.37 bits per heavy atom. The van der Waals surface area contributed by atoms with E-state index in [4.69, 9.17) is 10.2 Å². The molecule has 1 fully saturated rings. The van der Waals surface area contributed by atoms with Gasteiger partial charge in [0.25, 0.3) is 0 Å². The highest BCUT2D eigenvalue weighted by atomic mass is 16.3. The Kier molecular flexibility index (Phi) is 4.66. The van der Waals surface area contributed by atoms with E-state index in [1.165, 1.54) is 19.4 Å². The van der Waals surface area contributed by atoms with Gasteiger partial charge in [-0.1, -0.05) is 0 Å². The van der Waals surface area contributed by atoms with E-state index >= 15 is 0 Å². The molecule has 4 nitrogen and oxygen atoms in total. The fraction of sp³-hybridized carbons (Fsp3) is 0.733. The molecule has 1 aromatic rings. The first-order chi connectivity index (χ1) is 9.05. The lowest BCUT2D eigenvalue weighted by Gasteiger charge is -2.40. The molecule has 108 valence electrons. The van der Waals surface area contributed by atoms with Crippen molar-refractivity contribution in [3.8, 4) is 0 Å². The molecule has 1 aliphatic rings. The number of hydrogen-bond acceptors (Lipinski definition) is 4. The second-order valence-corrected chi connectivity index (χ2v) is 5.95. The number of aryl methyl sites for hydroxylation is 1. The summed E-state index contributed by atoms with van der Waals surface area (Å²) in [6, 6.07) is 4.10. The molecule has 4 heteroatoms. The Bertz CT molecular complexity index is 404. The number of likely N-dealkylation sites (N-methyl/N-ethyl adjacent to an activating group) is 1. The molecule has 0 spiro atoms. The largest absolute Gasteiger partial charge is 0.465 e. The van der Waals surface area contributed by atoms with E-state index in [9.17, 15) is 0 Å². The molecular weight excluding hydrogens is 238 g/mol. The molecule has 0 amide bonds. The van der Waals surface area contributed by atoms with Crippen molar-refractivity contribution in [2.45, 2.75) is 38.3 Å². The summed E-state index contributed by atoms with van der Waals surface area (Å²) in [4.78, 5) is 4.80. The summed E-state index contributed by atoms with van der Waals surface area (Å²) in [6.45, 7) is 5.85. The Balaban J connectivity index is 2.06. The molecule has 1 aliphatic heterocycles. The molecule has 0 saturated carbocycles. The molecular formula is C15H27N3O. The zero-order chi connectivity index (χ0) is 13.9. The summed E-state index contributed by atoms with van der Waals surface area (Å²) in [5, 5.41) is 0. The van der Waals surface area contributed by atoms with Crippen LogP contribution in [0.3, 0.4) is 0 Å². The van der Waals surface area contributed by atoms with Crippen LogP contribution in [-0.4, -0.2) is 49.1 Å². The number of nitrogens with two attached hydrogens (primary N) is 1. The van der Waals surface area contributed by atoms with Gasteiger partial charge in [0, 0.05) is 12.1 Å². The summed E-state index contributed by atoms with van der Waals surface area (Å²) >= 11 is 0. The first-order valence-corrected chi connectivity index (χ1v) is 7.21. The van der Waals surface area contributed by atoms with Gasteiger partial charge in [-0.15, -0.1) is 0 Å². The normalized spacial score (nSPS) is 25.7. The van der Waals surface area contributed by atoms with Crippen LogP contribution in [0.4, 0.5) is 0 Å². The number of rotatable bonds is 4. The minimum atomic E-state index is 0.117. The smallest absolute Gasteiger partial charge is 0.118 e. The summed E-state index contributed by atoms with van der Waals surface area (Å²) in [6.07, 6.45) is 3.52. The highest BCUT2D eigenvalue weighted by Crippen LogP contribution is 2.28. The van der Waals surface area contributed by atoms with Crippen LogP contribution in [0.1, 0.15) is 30.8 Å². The number of furan rings is 1. The molecule has 2 N–H and O–H groups in total. The first kappa shape index (κ1) is 14.6. The van der Waals surface area contributed by atoms with Gasteiger partial charge in [-0.05, 0) is 65.5 Å². The number of nitrogens with zero attached hydrogens (tertiary/aromatic N) is 2. The van der Waals surface area contributed by atoms with Crippen molar-refractivity contribution in [3.05, 3.63) is 23.7 Å². The van der Waals surface area contributed by atoms with Gasteiger partial charge in [-0.3, -0.25) is 4.90 Å². The van der Waals surface area contributed by atoms with Crippen molar-refractivity contribution in [2.75, 3.05) is 33.7 Å². The van der Waals surface area contributed by atoms with Crippen LogP contribution in [0.2, 0.25) is 0 Å². The third-order valence-electron chi connectivity index (χ3n) is 4.52. The van der Waals surface area contributed by atoms with Crippen LogP contribution in [0.5, 0.6) is 0 Å². The van der Waals surface area contributed by atoms with Crippen molar-refractivity contribution in [1.29, 1.82) is 0 Å². The SMILES string of the molecule is Cc1ccc(CN(C)C2(CN)CCCN(C)CC2)o1. The zero-order valence-corrected chi connectivity index (χ0v) is 12.5. The standard InChI is InChI=1S/C15H27N3O/c1-13-5-6-14(19-13)11-18(3)15(12-16)7-4-9-17(2)10-8-15/h5-6H,4,7-12,16H2,1-3H3. The minimum Gasteiger partial charge on any atom is -0.465 e. The zero-order valence-electron chi connectivity index (χ0n) is 12.5. The maximum absolute atomic E-state index is 6.12. The molecule has 1 atom stereocenters. The van der Waals surface area contributed by atoms with Gasteiger partial charge in [-0.2, -0.15) is 0 Å². The highest BCUT2D eigenvalue weighted by molar-refractivity contribution is 5.06. The molecule has 1 saturated heterocycles. The van der Waals surface area contributed by atoms with Crippen molar-refractivity contribution < 1.29 is 4.42 Å². The molecule has 2 heterocycles. The average molecular weight is 265 g/mol. The molecule has 0 bridgehead atoms. The molecule has 0 aliphatic carbocycles. The second kappa shape index (κ2) is 6.07. The van der Waals surface area contributed by atoms with E-state index in [-0.39, 0.29) is 5.54 Å². The highest BCUT2D eigenvalue weighted by Gasteiger charge is 2.34.